The van der Waals surface area contributed by atoms with Gasteiger partial charge in [-0.1, -0.05) is 25.7 Å². The van der Waals surface area contributed by atoms with Gasteiger partial charge < -0.3 is 5.32 Å². The molecule has 3 fully saturated rings. The van der Waals surface area contributed by atoms with E-state index in [1.165, 1.54) is 45.2 Å². The highest BCUT2D eigenvalue weighted by molar-refractivity contribution is 4.84. The Bertz CT molecular complexity index is 221. The highest BCUT2D eigenvalue weighted by atomic mass is 14.9. The number of rotatable bonds is 4. The van der Waals surface area contributed by atoms with Crippen molar-refractivity contribution < 1.29 is 0 Å². The van der Waals surface area contributed by atoms with Crippen molar-refractivity contribution in [1.29, 1.82) is 0 Å². The summed E-state index contributed by atoms with van der Waals surface area (Å²) in [4.78, 5) is 0. The molecular formula is C15H27N. The Labute approximate surface area is 100 Å². The molecule has 1 nitrogen and oxygen atoms in total. The van der Waals surface area contributed by atoms with Crippen molar-refractivity contribution in [1.82, 2.24) is 5.32 Å². The first-order chi connectivity index (χ1) is 7.92. The summed E-state index contributed by atoms with van der Waals surface area (Å²) in [6.45, 7) is 2.63. The fourth-order valence-corrected chi connectivity index (χ4v) is 3.97. The molecule has 3 aliphatic rings. The second-order valence-corrected chi connectivity index (χ2v) is 6.59. The van der Waals surface area contributed by atoms with Crippen molar-refractivity contribution in [2.24, 2.45) is 23.7 Å². The SMILES string of the molecule is C1CCC2CC(CNCC3CC3)CCC2C1. The first-order valence-electron chi connectivity index (χ1n) is 7.62. The third-order valence-corrected chi connectivity index (χ3v) is 5.21. The van der Waals surface area contributed by atoms with Gasteiger partial charge >= 0.3 is 0 Å². The molecule has 0 radical (unpaired) electrons. The van der Waals surface area contributed by atoms with Gasteiger partial charge in [0, 0.05) is 0 Å². The summed E-state index contributed by atoms with van der Waals surface area (Å²) in [5.41, 5.74) is 0. The van der Waals surface area contributed by atoms with E-state index in [4.69, 9.17) is 0 Å². The van der Waals surface area contributed by atoms with Gasteiger partial charge in [-0.15, -0.1) is 0 Å². The quantitative estimate of drug-likeness (QED) is 0.765. The average Bonchev–Trinajstić information content (AvgIpc) is 3.13. The van der Waals surface area contributed by atoms with Crippen LogP contribution in [0, 0.1) is 23.7 Å². The topological polar surface area (TPSA) is 12.0 Å². The minimum absolute atomic E-state index is 1.01. The zero-order valence-electron chi connectivity index (χ0n) is 10.6. The summed E-state index contributed by atoms with van der Waals surface area (Å²) in [6.07, 6.45) is 13.7. The summed E-state index contributed by atoms with van der Waals surface area (Å²) in [7, 11) is 0. The molecule has 3 saturated carbocycles. The highest BCUT2D eigenvalue weighted by Crippen LogP contribution is 2.42. The van der Waals surface area contributed by atoms with Gasteiger partial charge in [-0.2, -0.15) is 0 Å². The second kappa shape index (κ2) is 5.08. The molecule has 3 unspecified atom stereocenters. The maximum atomic E-state index is 3.71. The van der Waals surface area contributed by atoms with Gasteiger partial charge in [0.05, 0.1) is 0 Å². The van der Waals surface area contributed by atoms with Crippen molar-refractivity contribution in [2.75, 3.05) is 13.1 Å². The van der Waals surface area contributed by atoms with Crippen LogP contribution in [0.4, 0.5) is 0 Å². The fraction of sp³-hybridized carbons (Fsp3) is 1.00. The zero-order chi connectivity index (χ0) is 10.8. The molecule has 0 aromatic rings. The molecule has 1 N–H and O–H groups in total. The van der Waals surface area contributed by atoms with E-state index in [9.17, 15) is 0 Å². The molecule has 0 aromatic carbocycles. The molecule has 0 aromatic heterocycles. The first kappa shape index (κ1) is 11.1. The third kappa shape index (κ3) is 2.80. The van der Waals surface area contributed by atoms with Gasteiger partial charge in [0.25, 0.3) is 0 Å². The zero-order valence-corrected chi connectivity index (χ0v) is 10.6. The maximum Gasteiger partial charge on any atom is -0.00203 e. The van der Waals surface area contributed by atoms with E-state index in [-0.39, 0.29) is 0 Å². The molecule has 16 heavy (non-hydrogen) atoms. The van der Waals surface area contributed by atoms with E-state index in [1.807, 2.05) is 0 Å². The van der Waals surface area contributed by atoms with Crippen LogP contribution in [0.5, 0.6) is 0 Å². The van der Waals surface area contributed by atoms with Crippen LogP contribution in [0.1, 0.15) is 57.8 Å². The Hall–Kier alpha value is -0.0400. The van der Waals surface area contributed by atoms with Crippen LogP contribution in [0.15, 0.2) is 0 Å². The van der Waals surface area contributed by atoms with Crippen molar-refractivity contribution in [3.8, 4) is 0 Å². The molecule has 3 atom stereocenters. The van der Waals surface area contributed by atoms with Gasteiger partial charge in [0.1, 0.15) is 0 Å². The lowest BCUT2D eigenvalue weighted by Crippen LogP contribution is -2.33. The maximum absolute atomic E-state index is 3.71. The number of hydrogen-bond donors (Lipinski definition) is 1. The molecule has 0 bridgehead atoms. The van der Waals surface area contributed by atoms with Gasteiger partial charge in [-0.3, -0.25) is 0 Å². The standard InChI is InChI=1S/C15H27N/c1-2-4-15-9-13(7-8-14(15)3-1)11-16-10-12-5-6-12/h12-16H,1-11H2. The van der Waals surface area contributed by atoms with Gasteiger partial charge in [0.2, 0.25) is 0 Å². The Morgan fingerprint density at radius 1 is 0.688 bits per heavy atom. The van der Waals surface area contributed by atoms with Crippen LogP contribution in [-0.4, -0.2) is 13.1 Å². The third-order valence-electron chi connectivity index (χ3n) is 5.21. The molecule has 0 aliphatic heterocycles. The minimum atomic E-state index is 1.01. The van der Waals surface area contributed by atoms with Gasteiger partial charge in [0.15, 0.2) is 0 Å². The first-order valence-corrected chi connectivity index (χ1v) is 7.62. The summed E-state index contributed by atoms with van der Waals surface area (Å²) in [6, 6.07) is 0. The summed E-state index contributed by atoms with van der Waals surface area (Å²) >= 11 is 0. The second-order valence-electron chi connectivity index (χ2n) is 6.59. The lowest BCUT2D eigenvalue weighted by molar-refractivity contribution is 0.129. The smallest absolute Gasteiger partial charge is 0.00203 e. The lowest BCUT2D eigenvalue weighted by Gasteiger charge is -2.39. The average molecular weight is 221 g/mol. The van der Waals surface area contributed by atoms with Crippen molar-refractivity contribution >= 4 is 0 Å². The number of hydrogen-bond acceptors (Lipinski definition) is 1. The normalized spacial score (nSPS) is 39.4. The highest BCUT2D eigenvalue weighted by Gasteiger charge is 2.32. The molecular weight excluding hydrogens is 194 g/mol. The van der Waals surface area contributed by atoms with Gasteiger partial charge in [-0.05, 0) is 68.9 Å². The van der Waals surface area contributed by atoms with Gasteiger partial charge in [-0.25, -0.2) is 0 Å². The summed E-state index contributed by atoms with van der Waals surface area (Å²) < 4.78 is 0. The fourth-order valence-electron chi connectivity index (χ4n) is 3.97. The summed E-state index contributed by atoms with van der Waals surface area (Å²) in [5, 5.41) is 3.71. The van der Waals surface area contributed by atoms with Crippen LogP contribution in [0.3, 0.4) is 0 Å². The number of fused-ring (bicyclic) bond motifs is 1. The largest absolute Gasteiger partial charge is 0.316 e. The Balaban J connectivity index is 1.39. The minimum Gasteiger partial charge on any atom is -0.316 e. The molecule has 0 amide bonds. The predicted molar refractivity (Wildman–Crippen MR) is 68.4 cm³/mol. The van der Waals surface area contributed by atoms with Crippen molar-refractivity contribution in [3.05, 3.63) is 0 Å². The van der Waals surface area contributed by atoms with Crippen LogP contribution in [0.2, 0.25) is 0 Å². The van der Waals surface area contributed by atoms with Crippen LogP contribution in [-0.2, 0) is 0 Å². The molecule has 3 rings (SSSR count). The molecule has 3 aliphatic carbocycles. The van der Waals surface area contributed by atoms with Crippen LogP contribution in [0.25, 0.3) is 0 Å². The van der Waals surface area contributed by atoms with Crippen molar-refractivity contribution in [3.63, 3.8) is 0 Å². The van der Waals surface area contributed by atoms with E-state index < -0.39 is 0 Å². The molecule has 1 heteroatoms. The molecule has 0 spiro atoms. The Kier molecular flexibility index (Phi) is 3.51. The van der Waals surface area contributed by atoms with Crippen molar-refractivity contribution in [2.45, 2.75) is 57.8 Å². The van der Waals surface area contributed by atoms with Crippen LogP contribution >= 0.6 is 0 Å². The Morgan fingerprint density at radius 3 is 2.19 bits per heavy atom. The van der Waals surface area contributed by atoms with E-state index in [1.54, 1.807) is 25.7 Å². The van der Waals surface area contributed by atoms with E-state index in [0.29, 0.717) is 0 Å². The number of nitrogens with one attached hydrogen (secondary N) is 1. The summed E-state index contributed by atoms with van der Waals surface area (Å²) in [5.74, 6) is 4.28. The predicted octanol–water partition coefficient (Wildman–Crippen LogP) is 3.59. The Morgan fingerprint density at radius 2 is 1.38 bits per heavy atom. The van der Waals surface area contributed by atoms with E-state index >= 15 is 0 Å². The lowest BCUT2D eigenvalue weighted by atomic mass is 9.67. The molecule has 0 heterocycles. The monoisotopic (exact) mass is 221 g/mol. The van der Waals surface area contributed by atoms with E-state index in [0.717, 1.165) is 23.7 Å². The molecule has 92 valence electrons. The van der Waals surface area contributed by atoms with E-state index in [2.05, 4.69) is 5.32 Å². The van der Waals surface area contributed by atoms with Crippen LogP contribution < -0.4 is 5.32 Å². The molecule has 0 saturated heterocycles.